The van der Waals surface area contributed by atoms with Gasteiger partial charge in [-0.2, -0.15) is 0 Å². The van der Waals surface area contributed by atoms with Crippen LogP contribution in [-0.4, -0.2) is 55.7 Å². The topological polar surface area (TPSA) is 68.7 Å². The molecule has 6 heteroatoms. The predicted octanol–water partition coefficient (Wildman–Crippen LogP) is 0.662. The Balaban J connectivity index is 2.56. The van der Waals surface area contributed by atoms with E-state index in [4.69, 9.17) is 4.74 Å². The minimum absolute atomic E-state index is 0.0443. The number of methoxy groups -OCH3 is 2. The lowest BCUT2D eigenvalue weighted by molar-refractivity contribution is -0.141. The van der Waals surface area contributed by atoms with Gasteiger partial charge in [-0.05, 0) is 17.7 Å². The van der Waals surface area contributed by atoms with E-state index in [1.165, 1.54) is 7.11 Å². The number of hydrogen-bond donors (Lipinski definition) is 0. The van der Waals surface area contributed by atoms with E-state index >= 15 is 0 Å². The fourth-order valence-corrected chi connectivity index (χ4v) is 1.68. The summed E-state index contributed by atoms with van der Waals surface area (Å²) in [6, 6.07) is 3.60. The highest BCUT2D eigenvalue weighted by Crippen LogP contribution is 2.03. The van der Waals surface area contributed by atoms with Crippen LogP contribution in [-0.2, 0) is 25.5 Å². The van der Waals surface area contributed by atoms with E-state index in [0.717, 1.165) is 5.56 Å². The number of carbonyl (C=O) groups excluding carboxylic acids is 2. The maximum atomic E-state index is 12.2. The lowest BCUT2D eigenvalue weighted by Crippen LogP contribution is -2.36. The fourth-order valence-electron chi connectivity index (χ4n) is 1.68. The molecule has 0 aliphatic rings. The van der Waals surface area contributed by atoms with Gasteiger partial charge in [-0.15, -0.1) is 0 Å². The van der Waals surface area contributed by atoms with Crippen LogP contribution in [0.1, 0.15) is 12.0 Å². The lowest BCUT2D eigenvalue weighted by Gasteiger charge is -2.22. The average Bonchev–Trinajstić information content (AvgIpc) is 2.47. The van der Waals surface area contributed by atoms with Gasteiger partial charge in [0.1, 0.15) is 0 Å². The molecule has 0 saturated carbocycles. The first kappa shape index (κ1) is 16.1. The largest absolute Gasteiger partial charge is 0.469 e. The molecule has 6 nitrogen and oxygen atoms in total. The van der Waals surface area contributed by atoms with E-state index in [-0.39, 0.29) is 24.7 Å². The first-order valence-electron chi connectivity index (χ1n) is 6.39. The molecule has 1 aromatic rings. The van der Waals surface area contributed by atoms with E-state index in [9.17, 15) is 9.59 Å². The van der Waals surface area contributed by atoms with Crippen LogP contribution in [0.5, 0.6) is 0 Å². The number of hydrogen-bond acceptors (Lipinski definition) is 5. The number of ether oxygens (including phenoxy) is 2. The van der Waals surface area contributed by atoms with Crippen LogP contribution in [0.4, 0.5) is 0 Å². The van der Waals surface area contributed by atoms with Crippen LogP contribution in [0, 0.1) is 0 Å². The summed E-state index contributed by atoms with van der Waals surface area (Å²) < 4.78 is 9.57. The van der Waals surface area contributed by atoms with E-state index < -0.39 is 0 Å². The van der Waals surface area contributed by atoms with Gasteiger partial charge in [0.15, 0.2) is 0 Å². The molecule has 0 radical (unpaired) electrons. The molecule has 0 bridgehead atoms. The van der Waals surface area contributed by atoms with Gasteiger partial charge in [0.05, 0.1) is 26.6 Å². The van der Waals surface area contributed by atoms with E-state index in [1.807, 2.05) is 0 Å². The highest BCUT2D eigenvalue weighted by Gasteiger charge is 2.15. The first-order valence-corrected chi connectivity index (χ1v) is 6.39. The third kappa shape index (κ3) is 5.79. The van der Waals surface area contributed by atoms with Gasteiger partial charge >= 0.3 is 5.97 Å². The second-order valence-electron chi connectivity index (χ2n) is 4.23. The molecule has 1 heterocycles. The molecule has 1 rings (SSSR count). The molecule has 1 amide bonds. The van der Waals surface area contributed by atoms with Crippen LogP contribution in [0.3, 0.4) is 0 Å². The third-order valence-electron chi connectivity index (χ3n) is 2.84. The van der Waals surface area contributed by atoms with E-state index in [1.54, 1.807) is 36.5 Å². The minimum Gasteiger partial charge on any atom is -0.469 e. The monoisotopic (exact) mass is 280 g/mol. The van der Waals surface area contributed by atoms with Crippen molar-refractivity contribution >= 4 is 11.9 Å². The summed E-state index contributed by atoms with van der Waals surface area (Å²) in [4.78, 5) is 28.9. The number of amides is 1. The molecular formula is C14H20N2O4. The van der Waals surface area contributed by atoms with Gasteiger partial charge < -0.3 is 14.4 Å². The van der Waals surface area contributed by atoms with Crippen molar-refractivity contribution in [2.24, 2.45) is 0 Å². The molecule has 110 valence electrons. The Morgan fingerprint density at radius 3 is 2.50 bits per heavy atom. The highest BCUT2D eigenvalue weighted by molar-refractivity contribution is 5.79. The van der Waals surface area contributed by atoms with Gasteiger partial charge in [0, 0.05) is 32.6 Å². The van der Waals surface area contributed by atoms with Crippen molar-refractivity contribution in [3.63, 3.8) is 0 Å². The van der Waals surface area contributed by atoms with Crippen LogP contribution in [0.15, 0.2) is 24.5 Å². The van der Waals surface area contributed by atoms with Crippen molar-refractivity contribution < 1.29 is 19.1 Å². The van der Waals surface area contributed by atoms with Gasteiger partial charge in [-0.25, -0.2) is 0 Å². The number of pyridine rings is 1. The van der Waals surface area contributed by atoms with Gasteiger partial charge in [0.25, 0.3) is 0 Å². The Morgan fingerprint density at radius 2 is 1.90 bits per heavy atom. The highest BCUT2D eigenvalue weighted by atomic mass is 16.5. The molecule has 0 aliphatic heterocycles. The van der Waals surface area contributed by atoms with Crippen LogP contribution in [0.2, 0.25) is 0 Å². The SMILES string of the molecule is COCCN(CCC(=O)OC)C(=O)Cc1ccncc1. The van der Waals surface area contributed by atoms with Crippen molar-refractivity contribution in [3.8, 4) is 0 Å². The van der Waals surface area contributed by atoms with Crippen LogP contribution >= 0.6 is 0 Å². The van der Waals surface area contributed by atoms with Crippen molar-refractivity contribution in [3.05, 3.63) is 30.1 Å². The van der Waals surface area contributed by atoms with Crippen LogP contribution in [0.25, 0.3) is 0 Å². The number of rotatable bonds is 8. The lowest BCUT2D eigenvalue weighted by atomic mass is 10.2. The molecule has 0 fully saturated rings. The Morgan fingerprint density at radius 1 is 1.20 bits per heavy atom. The zero-order chi connectivity index (χ0) is 14.8. The van der Waals surface area contributed by atoms with Gasteiger partial charge in [-0.1, -0.05) is 0 Å². The second kappa shape index (κ2) is 9.03. The number of aromatic nitrogens is 1. The molecule has 0 atom stereocenters. The smallest absolute Gasteiger partial charge is 0.307 e. The number of carbonyl (C=O) groups is 2. The average molecular weight is 280 g/mol. The standard InChI is InChI=1S/C14H20N2O4/c1-19-10-9-16(8-5-14(18)20-2)13(17)11-12-3-6-15-7-4-12/h3-4,6-7H,5,8-11H2,1-2H3. The van der Waals surface area contributed by atoms with E-state index in [2.05, 4.69) is 9.72 Å². The predicted molar refractivity (Wildman–Crippen MR) is 73.0 cm³/mol. The third-order valence-corrected chi connectivity index (χ3v) is 2.84. The zero-order valence-electron chi connectivity index (χ0n) is 11.9. The first-order chi connectivity index (χ1) is 9.67. The summed E-state index contributed by atoms with van der Waals surface area (Å²) in [6.45, 7) is 1.22. The van der Waals surface area contributed by atoms with Crippen molar-refractivity contribution in [1.29, 1.82) is 0 Å². The maximum absolute atomic E-state index is 12.2. The normalized spacial score (nSPS) is 10.1. The zero-order valence-corrected chi connectivity index (χ0v) is 11.9. The summed E-state index contributed by atoms with van der Waals surface area (Å²) in [5.41, 5.74) is 0.894. The fraction of sp³-hybridized carbons (Fsp3) is 0.500. The summed E-state index contributed by atoms with van der Waals surface area (Å²) in [5, 5.41) is 0. The van der Waals surface area contributed by atoms with Gasteiger partial charge in [-0.3, -0.25) is 14.6 Å². The quantitative estimate of drug-likeness (QED) is 0.654. The van der Waals surface area contributed by atoms with Crippen molar-refractivity contribution in [1.82, 2.24) is 9.88 Å². The van der Waals surface area contributed by atoms with Crippen molar-refractivity contribution in [2.75, 3.05) is 33.9 Å². The van der Waals surface area contributed by atoms with Crippen LogP contribution < -0.4 is 0 Å². The second-order valence-corrected chi connectivity index (χ2v) is 4.23. The van der Waals surface area contributed by atoms with E-state index in [0.29, 0.717) is 19.7 Å². The maximum Gasteiger partial charge on any atom is 0.307 e. The molecule has 0 saturated heterocycles. The Hall–Kier alpha value is -1.95. The Labute approximate surface area is 118 Å². The Bertz CT molecular complexity index is 422. The van der Waals surface area contributed by atoms with Crippen molar-refractivity contribution in [2.45, 2.75) is 12.8 Å². The molecule has 20 heavy (non-hydrogen) atoms. The molecule has 0 aliphatic carbocycles. The molecule has 0 spiro atoms. The summed E-state index contributed by atoms with van der Waals surface area (Å²) in [5.74, 6) is -0.374. The molecule has 0 aromatic carbocycles. The minimum atomic E-state index is -0.330. The number of esters is 1. The Kier molecular flexibility index (Phi) is 7.27. The molecule has 0 unspecified atom stereocenters. The molecule has 0 N–H and O–H groups in total. The summed E-state index contributed by atoms with van der Waals surface area (Å²) >= 11 is 0. The number of nitrogens with zero attached hydrogens (tertiary/aromatic N) is 2. The molecule has 1 aromatic heterocycles. The molecular weight excluding hydrogens is 260 g/mol. The summed E-state index contributed by atoms with van der Waals surface area (Å²) in [7, 11) is 2.91. The summed E-state index contributed by atoms with van der Waals surface area (Å²) in [6.07, 6.45) is 3.77. The van der Waals surface area contributed by atoms with Gasteiger partial charge in [0.2, 0.25) is 5.91 Å².